The Hall–Kier alpha value is -0.0800. The van der Waals surface area contributed by atoms with E-state index in [4.69, 9.17) is 5.73 Å². The first kappa shape index (κ1) is 10.0. The lowest BCUT2D eigenvalue weighted by molar-refractivity contribution is 0.224. The second kappa shape index (κ2) is 4.24. The predicted molar refractivity (Wildman–Crippen MR) is 53.1 cm³/mol. The third kappa shape index (κ3) is 3.55. The van der Waals surface area contributed by atoms with Crippen molar-refractivity contribution in [2.24, 2.45) is 11.7 Å². The van der Waals surface area contributed by atoms with Gasteiger partial charge in [-0.3, -0.25) is 4.90 Å². The number of hydrogen-bond donors (Lipinski definition) is 1. The summed E-state index contributed by atoms with van der Waals surface area (Å²) >= 11 is 0. The molecule has 0 aromatic carbocycles. The third-order valence-corrected chi connectivity index (χ3v) is 2.19. The first-order valence-electron chi connectivity index (χ1n) is 5.09. The van der Waals surface area contributed by atoms with Gasteiger partial charge in [-0.05, 0) is 25.7 Å². The molecule has 0 aliphatic heterocycles. The van der Waals surface area contributed by atoms with E-state index in [1.165, 1.54) is 19.4 Å². The quantitative estimate of drug-likeness (QED) is 0.676. The number of nitrogens with zero attached hydrogens (tertiary/aromatic N) is 1. The largest absolute Gasteiger partial charge is 0.327 e. The minimum atomic E-state index is 0.323. The van der Waals surface area contributed by atoms with Crippen LogP contribution in [-0.4, -0.2) is 30.1 Å². The predicted octanol–water partition coefficient (Wildman–Crippen LogP) is 1.45. The standard InChI is InChI=1S/C10H22N2/c1-8(2)6-12(7-9(3)11)10-4-5-10/h8-10H,4-7,11H2,1-3H3. The Bertz CT molecular complexity index is 118. The summed E-state index contributed by atoms with van der Waals surface area (Å²) in [5.74, 6) is 0.768. The molecule has 1 saturated carbocycles. The molecule has 1 atom stereocenters. The highest BCUT2D eigenvalue weighted by Gasteiger charge is 2.29. The second-order valence-corrected chi connectivity index (χ2v) is 4.56. The summed E-state index contributed by atoms with van der Waals surface area (Å²) in [6.45, 7) is 8.93. The monoisotopic (exact) mass is 170 g/mol. The van der Waals surface area contributed by atoms with Gasteiger partial charge in [0.1, 0.15) is 0 Å². The van der Waals surface area contributed by atoms with Crippen LogP contribution in [0.15, 0.2) is 0 Å². The van der Waals surface area contributed by atoms with E-state index < -0.39 is 0 Å². The van der Waals surface area contributed by atoms with Gasteiger partial charge in [-0.2, -0.15) is 0 Å². The van der Waals surface area contributed by atoms with Gasteiger partial charge in [-0.15, -0.1) is 0 Å². The van der Waals surface area contributed by atoms with E-state index in [1.54, 1.807) is 0 Å². The van der Waals surface area contributed by atoms with Crippen molar-refractivity contribution in [2.75, 3.05) is 13.1 Å². The fourth-order valence-electron chi connectivity index (χ4n) is 1.65. The minimum Gasteiger partial charge on any atom is -0.327 e. The molecule has 0 radical (unpaired) electrons. The van der Waals surface area contributed by atoms with E-state index in [9.17, 15) is 0 Å². The summed E-state index contributed by atoms with van der Waals surface area (Å²) in [5.41, 5.74) is 5.79. The lowest BCUT2D eigenvalue weighted by Gasteiger charge is -2.25. The van der Waals surface area contributed by atoms with Crippen molar-refractivity contribution in [1.82, 2.24) is 4.90 Å². The molecule has 0 aromatic rings. The van der Waals surface area contributed by atoms with E-state index in [-0.39, 0.29) is 0 Å². The van der Waals surface area contributed by atoms with Gasteiger partial charge in [-0.25, -0.2) is 0 Å². The molecule has 1 fully saturated rings. The van der Waals surface area contributed by atoms with Crippen LogP contribution in [0.4, 0.5) is 0 Å². The molecule has 2 nitrogen and oxygen atoms in total. The van der Waals surface area contributed by atoms with Crippen LogP contribution in [0.3, 0.4) is 0 Å². The summed E-state index contributed by atoms with van der Waals surface area (Å²) in [5, 5.41) is 0. The topological polar surface area (TPSA) is 29.3 Å². The van der Waals surface area contributed by atoms with Crippen LogP contribution >= 0.6 is 0 Å². The summed E-state index contributed by atoms with van der Waals surface area (Å²) in [6.07, 6.45) is 2.78. The van der Waals surface area contributed by atoms with Crippen LogP contribution in [0.1, 0.15) is 33.6 Å². The Morgan fingerprint density at radius 3 is 2.17 bits per heavy atom. The highest BCUT2D eigenvalue weighted by atomic mass is 15.2. The van der Waals surface area contributed by atoms with Crippen molar-refractivity contribution in [3.63, 3.8) is 0 Å². The lowest BCUT2D eigenvalue weighted by Crippen LogP contribution is -2.39. The Kier molecular flexibility index (Phi) is 3.53. The second-order valence-electron chi connectivity index (χ2n) is 4.56. The molecular formula is C10H22N2. The fourth-order valence-corrected chi connectivity index (χ4v) is 1.65. The van der Waals surface area contributed by atoms with Crippen LogP contribution < -0.4 is 5.73 Å². The molecule has 0 bridgehead atoms. The zero-order valence-corrected chi connectivity index (χ0v) is 8.59. The molecule has 0 saturated heterocycles. The molecule has 2 heteroatoms. The van der Waals surface area contributed by atoms with Crippen molar-refractivity contribution < 1.29 is 0 Å². The van der Waals surface area contributed by atoms with Gasteiger partial charge in [0.2, 0.25) is 0 Å². The Morgan fingerprint density at radius 2 is 1.83 bits per heavy atom. The lowest BCUT2D eigenvalue weighted by atomic mass is 10.2. The number of rotatable bonds is 5. The normalized spacial score (nSPS) is 20.5. The molecule has 12 heavy (non-hydrogen) atoms. The van der Waals surface area contributed by atoms with Gasteiger partial charge < -0.3 is 5.73 Å². The number of nitrogens with two attached hydrogens (primary N) is 1. The van der Waals surface area contributed by atoms with Gasteiger partial charge in [0.15, 0.2) is 0 Å². The van der Waals surface area contributed by atoms with E-state index in [1.807, 2.05) is 0 Å². The molecular weight excluding hydrogens is 148 g/mol. The third-order valence-electron chi connectivity index (χ3n) is 2.19. The summed E-state index contributed by atoms with van der Waals surface area (Å²) in [6, 6.07) is 1.18. The molecule has 1 rings (SSSR count). The van der Waals surface area contributed by atoms with Crippen LogP contribution in [0.25, 0.3) is 0 Å². The van der Waals surface area contributed by atoms with Crippen molar-refractivity contribution in [1.29, 1.82) is 0 Å². The minimum absolute atomic E-state index is 0.323. The molecule has 1 aliphatic rings. The van der Waals surface area contributed by atoms with Crippen molar-refractivity contribution in [3.8, 4) is 0 Å². The molecule has 0 heterocycles. The maximum absolute atomic E-state index is 5.79. The van der Waals surface area contributed by atoms with Gasteiger partial charge >= 0.3 is 0 Å². The maximum Gasteiger partial charge on any atom is 0.0139 e. The van der Waals surface area contributed by atoms with Crippen LogP contribution in [-0.2, 0) is 0 Å². The summed E-state index contributed by atoms with van der Waals surface area (Å²) in [7, 11) is 0. The van der Waals surface area contributed by atoms with Crippen molar-refractivity contribution >= 4 is 0 Å². The van der Waals surface area contributed by atoms with Gasteiger partial charge in [-0.1, -0.05) is 13.8 Å². The maximum atomic E-state index is 5.79. The molecule has 1 aliphatic carbocycles. The molecule has 2 N–H and O–H groups in total. The smallest absolute Gasteiger partial charge is 0.0139 e. The van der Waals surface area contributed by atoms with E-state index >= 15 is 0 Å². The van der Waals surface area contributed by atoms with E-state index in [0.29, 0.717) is 6.04 Å². The number of hydrogen-bond acceptors (Lipinski definition) is 2. The SMILES string of the molecule is CC(C)CN(CC(C)N)C1CC1. The summed E-state index contributed by atoms with van der Waals surface area (Å²) in [4.78, 5) is 2.55. The molecule has 72 valence electrons. The highest BCUT2D eigenvalue weighted by Crippen LogP contribution is 2.27. The Balaban J connectivity index is 2.27. The van der Waals surface area contributed by atoms with Gasteiger partial charge in [0.25, 0.3) is 0 Å². The first-order valence-corrected chi connectivity index (χ1v) is 5.09. The molecule has 1 unspecified atom stereocenters. The average molecular weight is 170 g/mol. The Labute approximate surface area is 76.1 Å². The Morgan fingerprint density at radius 1 is 1.25 bits per heavy atom. The first-order chi connectivity index (χ1) is 5.59. The highest BCUT2D eigenvalue weighted by molar-refractivity contribution is 4.86. The van der Waals surface area contributed by atoms with Crippen LogP contribution in [0, 0.1) is 5.92 Å². The average Bonchev–Trinajstić information content (AvgIpc) is 2.63. The van der Waals surface area contributed by atoms with Gasteiger partial charge in [0.05, 0.1) is 0 Å². The van der Waals surface area contributed by atoms with E-state index in [2.05, 4.69) is 25.7 Å². The fraction of sp³-hybridized carbons (Fsp3) is 1.00. The summed E-state index contributed by atoms with van der Waals surface area (Å²) < 4.78 is 0. The molecule has 0 amide bonds. The van der Waals surface area contributed by atoms with Crippen LogP contribution in [0.5, 0.6) is 0 Å². The zero-order chi connectivity index (χ0) is 9.14. The molecule has 0 spiro atoms. The van der Waals surface area contributed by atoms with Crippen molar-refractivity contribution in [3.05, 3.63) is 0 Å². The van der Waals surface area contributed by atoms with E-state index in [0.717, 1.165) is 18.5 Å². The zero-order valence-electron chi connectivity index (χ0n) is 8.59. The van der Waals surface area contributed by atoms with Gasteiger partial charge in [0, 0.05) is 25.2 Å². The molecule has 0 aromatic heterocycles. The van der Waals surface area contributed by atoms with Crippen molar-refractivity contribution in [2.45, 2.75) is 45.7 Å². The van der Waals surface area contributed by atoms with Crippen LogP contribution in [0.2, 0.25) is 0 Å².